The minimum atomic E-state index is 0.314. The average Bonchev–Trinajstić information content (AvgIpc) is 3.18. The number of amides is 1. The van der Waals surface area contributed by atoms with Gasteiger partial charge in [-0.25, -0.2) is 0 Å². The first-order valence-corrected chi connectivity index (χ1v) is 10.1. The Labute approximate surface area is 155 Å². The minimum absolute atomic E-state index is 0.314. The van der Waals surface area contributed by atoms with Crippen molar-refractivity contribution < 1.29 is 4.79 Å². The van der Waals surface area contributed by atoms with Crippen LogP contribution in [-0.2, 0) is 17.6 Å². The average molecular weight is 357 g/mol. The van der Waals surface area contributed by atoms with Crippen LogP contribution in [0.25, 0.3) is 0 Å². The van der Waals surface area contributed by atoms with Crippen molar-refractivity contribution in [2.45, 2.75) is 38.1 Å². The molecule has 1 aromatic heterocycles. The Kier molecular flexibility index (Phi) is 6.65. The zero-order valence-corrected chi connectivity index (χ0v) is 15.9. The lowest BCUT2D eigenvalue weighted by Crippen LogP contribution is -2.49. The Morgan fingerprint density at radius 2 is 2.04 bits per heavy atom. The highest BCUT2D eigenvalue weighted by Crippen LogP contribution is 2.18. The van der Waals surface area contributed by atoms with Crippen molar-refractivity contribution in [2.24, 2.45) is 0 Å². The van der Waals surface area contributed by atoms with Crippen molar-refractivity contribution in [1.29, 1.82) is 0 Å². The highest BCUT2D eigenvalue weighted by Gasteiger charge is 2.25. The van der Waals surface area contributed by atoms with Crippen LogP contribution in [0.2, 0.25) is 0 Å². The van der Waals surface area contributed by atoms with Crippen molar-refractivity contribution in [3.8, 4) is 0 Å². The van der Waals surface area contributed by atoms with Crippen LogP contribution in [0, 0.1) is 0 Å². The Hall–Kier alpha value is -1.65. The molecule has 4 heteroatoms. The Morgan fingerprint density at radius 3 is 2.80 bits per heavy atom. The maximum Gasteiger partial charge on any atom is 0.222 e. The number of aryl methyl sites for hydroxylation is 1. The van der Waals surface area contributed by atoms with Gasteiger partial charge in [0.05, 0.1) is 0 Å². The van der Waals surface area contributed by atoms with E-state index in [4.69, 9.17) is 0 Å². The number of thiophene rings is 1. The van der Waals surface area contributed by atoms with Crippen molar-refractivity contribution >= 4 is 17.2 Å². The topological polar surface area (TPSA) is 23.6 Å². The lowest BCUT2D eigenvalue weighted by atomic mass is 10.0. The number of carbonyl (C=O) groups is 1. The van der Waals surface area contributed by atoms with E-state index in [1.54, 1.807) is 11.3 Å². The summed E-state index contributed by atoms with van der Waals surface area (Å²) in [5.74, 6) is 0.314. The smallest absolute Gasteiger partial charge is 0.222 e. The number of likely N-dealkylation sites (tertiary alicyclic amines) is 1. The molecule has 0 spiro atoms. The SMILES string of the molecule is CN(CCc1ccccc1)[C@H]1CCCN(C(=O)CCc2cccs2)C1. The molecule has 3 rings (SSSR count). The standard InChI is InChI=1S/C21H28N2OS/c1-22(15-13-18-7-3-2-4-8-18)19-9-5-14-23(17-19)21(24)12-11-20-10-6-16-25-20/h2-4,6-8,10,16,19H,5,9,11-15,17H2,1H3/t19-/m0/s1. The summed E-state index contributed by atoms with van der Waals surface area (Å²) in [5.41, 5.74) is 1.38. The normalized spacial score (nSPS) is 17.8. The Balaban J connectivity index is 1.45. The molecule has 134 valence electrons. The van der Waals surface area contributed by atoms with Crippen LogP contribution >= 0.6 is 11.3 Å². The largest absolute Gasteiger partial charge is 0.341 e. The summed E-state index contributed by atoms with van der Waals surface area (Å²) < 4.78 is 0. The summed E-state index contributed by atoms with van der Waals surface area (Å²) in [6, 6.07) is 15.3. The zero-order valence-electron chi connectivity index (χ0n) is 15.1. The maximum atomic E-state index is 12.6. The number of hydrogen-bond acceptors (Lipinski definition) is 3. The highest BCUT2D eigenvalue weighted by atomic mass is 32.1. The second-order valence-corrected chi connectivity index (χ2v) is 7.96. The molecule has 2 heterocycles. The van der Waals surface area contributed by atoms with Crippen LogP contribution in [0.3, 0.4) is 0 Å². The van der Waals surface area contributed by atoms with Crippen LogP contribution in [-0.4, -0.2) is 48.4 Å². The molecule has 3 nitrogen and oxygen atoms in total. The molecule has 0 unspecified atom stereocenters. The van der Waals surface area contributed by atoms with Gasteiger partial charge in [0.2, 0.25) is 5.91 Å². The molecular formula is C21H28N2OS. The summed E-state index contributed by atoms with van der Waals surface area (Å²) in [4.78, 5) is 18.4. The van der Waals surface area contributed by atoms with E-state index in [0.29, 0.717) is 18.4 Å². The molecule has 1 aliphatic rings. The van der Waals surface area contributed by atoms with E-state index in [-0.39, 0.29) is 0 Å². The second-order valence-electron chi connectivity index (χ2n) is 6.93. The number of likely N-dealkylation sites (N-methyl/N-ethyl adjacent to an activating group) is 1. The van der Waals surface area contributed by atoms with Gasteiger partial charge in [-0.15, -0.1) is 11.3 Å². The molecule has 1 fully saturated rings. The minimum Gasteiger partial charge on any atom is -0.341 e. The van der Waals surface area contributed by atoms with Gasteiger partial charge in [0, 0.05) is 37.0 Å². The summed E-state index contributed by atoms with van der Waals surface area (Å²) in [5, 5.41) is 2.08. The Bertz CT molecular complexity index is 641. The number of piperidine rings is 1. The van der Waals surface area contributed by atoms with Gasteiger partial charge >= 0.3 is 0 Å². The van der Waals surface area contributed by atoms with Crippen molar-refractivity contribution in [3.05, 3.63) is 58.3 Å². The predicted octanol–water partition coefficient (Wildman–Crippen LogP) is 3.85. The first kappa shape index (κ1) is 18.2. The molecule has 0 aliphatic carbocycles. The number of benzene rings is 1. The molecule has 1 amide bonds. The van der Waals surface area contributed by atoms with Gasteiger partial charge in [-0.2, -0.15) is 0 Å². The molecular weight excluding hydrogens is 328 g/mol. The summed E-state index contributed by atoms with van der Waals surface area (Å²) >= 11 is 1.74. The predicted molar refractivity (Wildman–Crippen MR) is 105 cm³/mol. The fourth-order valence-corrected chi connectivity index (χ4v) is 4.23. The number of nitrogens with zero attached hydrogens (tertiary/aromatic N) is 2. The van der Waals surface area contributed by atoms with Crippen molar-refractivity contribution in [1.82, 2.24) is 9.80 Å². The third-order valence-electron chi connectivity index (χ3n) is 5.13. The van der Waals surface area contributed by atoms with Crippen LogP contribution in [0.4, 0.5) is 0 Å². The van der Waals surface area contributed by atoms with E-state index in [2.05, 4.69) is 64.7 Å². The summed E-state index contributed by atoms with van der Waals surface area (Å²) in [6.07, 6.45) is 4.90. The van der Waals surface area contributed by atoms with E-state index in [1.807, 2.05) is 0 Å². The van der Waals surface area contributed by atoms with Gasteiger partial charge in [-0.05, 0) is 49.7 Å². The van der Waals surface area contributed by atoms with Gasteiger partial charge in [0.15, 0.2) is 0 Å². The van der Waals surface area contributed by atoms with Gasteiger partial charge < -0.3 is 9.80 Å². The maximum absolute atomic E-state index is 12.6. The molecule has 25 heavy (non-hydrogen) atoms. The Morgan fingerprint density at radius 1 is 1.20 bits per heavy atom. The molecule has 1 atom stereocenters. The molecule has 2 aromatic rings. The van der Waals surface area contributed by atoms with Gasteiger partial charge in [-0.3, -0.25) is 4.79 Å². The van der Waals surface area contributed by atoms with Crippen LogP contribution in [0.5, 0.6) is 0 Å². The molecule has 1 aliphatic heterocycles. The van der Waals surface area contributed by atoms with E-state index < -0.39 is 0 Å². The van der Waals surface area contributed by atoms with Crippen molar-refractivity contribution in [3.63, 3.8) is 0 Å². The summed E-state index contributed by atoms with van der Waals surface area (Å²) in [7, 11) is 2.20. The van der Waals surface area contributed by atoms with Gasteiger partial charge in [-0.1, -0.05) is 36.4 Å². The van der Waals surface area contributed by atoms with Crippen LogP contribution in [0.1, 0.15) is 29.7 Å². The first-order valence-electron chi connectivity index (χ1n) is 9.26. The summed E-state index contributed by atoms with van der Waals surface area (Å²) in [6.45, 7) is 2.85. The van der Waals surface area contributed by atoms with Gasteiger partial charge in [0.25, 0.3) is 0 Å². The first-order chi connectivity index (χ1) is 12.2. The lowest BCUT2D eigenvalue weighted by Gasteiger charge is -2.37. The van der Waals surface area contributed by atoms with E-state index in [9.17, 15) is 4.79 Å². The second kappa shape index (κ2) is 9.16. The molecule has 0 bridgehead atoms. The zero-order chi connectivity index (χ0) is 17.5. The number of hydrogen-bond donors (Lipinski definition) is 0. The molecule has 1 saturated heterocycles. The third kappa shape index (κ3) is 5.41. The number of rotatable bonds is 7. The molecule has 0 saturated carbocycles. The fraction of sp³-hybridized carbons (Fsp3) is 0.476. The molecule has 0 radical (unpaired) electrons. The molecule has 0 N–H and O–H groups in total. The van der Waals surface area contributed by atoms with Crippen LogP contribution in [0.15, 0.2) is 47.8 Å². The lowest BCUT2D eigenvalue weighted by molar-refractivity contribution is -0.133. The molecule has 1 aromatic carbocycles. The van der Waals surface area contributed by atoms with Crippen LogP contribution < -0.4 is 0 Å². The van der Waals surface area contributed by atoms with E-state index in [1.165, 1.54) is 16.9 Å². The number of carbonyl (C=O) groups excluding carboxylic acids is 1. The van der Waals surface area contributed by atoms with E-state index in [0.717, 1.165) is 38.9 Å². The monoisotopic (exact) mass is 356 g/mol. The quantitative estimate of drug-likeness (QED) is 0.752. The van der Waals surface area contributed by atoms with Gasteiger partial charge in [0.1, 0.15) is 0 Å². The fourth-order valence-electron chi connectivity index (χ4n) is 3.52. The van der Waals surface area contributed by atoms with E-state index >= 15 is 0 Å². The third-order valence-corrected chi connectivity index (χ3v) is 6.07. The highest BCUT2D eigenvalue weighted by molar-refractivity contribution is 7.09. The van der Waals surface area contributed by atoms with Crippen molar-refractivity contribution in [2.75, 3.05) is 26.7 Å².